The Morgan fingerprint density at radius 2 is 2.27 bits per heavy atom. The number of amides is 1. The fourth-order valence-corrected chi connectivity index (χ4v) is 0.967. The molecular formula is C11H22N2O2. The van der Waals surface area contributed by atoms with E-state index in [1.165, 1.54) is 0 Å². The van der Waals surface area contributed by atoms with E-state index in [1.807, 2.05) is 0 Å². The molecule has 88 valence electrons. The third-order valence-corrected chi connectivity index (χ3v) is 1.69. The van der Waals surface area contributed by atoms with Crippen LogP contribution in [-0.2, 0) is 9.53 Å². The van der Waals surface area contributed by atoms with Gasteiger partial charge in [0.25, 0.3) is 0 Å². The molecule has 0 radical (unpaired) electrons. The molecule has 0 aromatic carbocycles. The number of nitrogens with one attached hydrogen (secondary N) is 2. The third-order valence-electron chi connectivity index (χ3n) is 1.69. The molecule has 0 spiro atoms. The van der Waals surface area contributed by atoms with Crippen LogP contribution in [-0.4, -0.2) is 38.3 Å². The number of hydrogen-bond donors (Lipinski definition) is 2. The minimum atomic E-state index is -0.0910. The van der Waals surface area contributed by atoms with Crippen LogP contribution in [0, 0.1) is 0 Å². The molecule has 4 nitrogen and oxygen atoms in total. The number of hydrogen-bond acceptors (Lipinski definition) is 3. The number of rotatable bonds is 9. The van der Waals surface area contributed by atoms with Gasteiger partial charge in [-0.05, 0) is 13.0 Å². The SMILES string of the molecule is C=CCNC(=O)COCCCNC(C)C. The van der Waals surface area contributed by atoms with E-state index < -0.39 is 0 Å². The second-order valence-corrected chi connectivity index (χ2v) is 3.61. The Labute approximate surface area is 92.1 Å². The highest BCUT2D eigenvalue weighted by Gasteiger charge is 1.98. The second-order valence-electron chi connectivity index (χ2n) is 3.61. The Morgan fingerprint density at radius 1 is 1.53 bits per heavy atom. The van der Waals surface area contributed by atoms with Crippen LogP contribution in [0.2, 0.25) is 0 Å². The van der Waals surface area contributed by atoms with Crippen molar-refractivity contribution in [2.75, 3.05) is 26.3 Å². The summed E-state index contributed by atoms with van der Waals surface area (Å²) in [6.45, 7) is 9.87. The monoisotopic (exact) mass is 214 g/mol. The van der Waals surface area contributed by atoms with Gasteiger partial charge in [-0.1, -0.05) is 19.9 Å². The van der Waals surface area contributed by atoms with Crippen LogP contribution >= 0.6 is 0 Å². The molecule has 0 rings (SSSR count). The van der Waals surface area contributed by atoms with Crippen molar-refractivity contribution in [3.05, 3.63) is 12.7 Å². The molecule has 0 aliphatic carbocycles. The van der Waals surface area contributed by atoms with Crippen LogP contribution in [0.3, 0.4) is 0 Å². The van der Waals surface area contributed by atoms with Crippen LogP contribution < -0.4 is 10.6 Å². The third kappa shape index (κ3) is 11.1. The molecule has 0 saturated carbocycles. The zero-order valence-corrected chi connectivity index (χ0v) is 9.71. The van der Waals surface area contributed by atoms with E-state index in [-0.39, 0.29) is 12.5 Å². The summed E-state index contributed by atoms with van der Waals surface area (Å²) in [5.74, 6) is -0.0910. The van der Waals surface area contributed by atoms with Gasteiger partial charge in [-0.2, -0.15) is 0 Å². The molecule has 0 aliphatic rings. The minimum absolute atomic E-state index is 0.0910. The fraction of sp³-hybridized carbons (Fsp3) is 0.727. The molecule has 0 heterocycles. The Kier molecular flexibility index (Phi) is 9.11. The van der Waals surface area contributed by atoms with E-state index in [9.17, 15) is 4.79 Å². The van der Waals surface area contributed by atoms with E-state index in [0.29, 0.717) is 19.2 Å². The summed E-state index contributed by atoms with van der Waals surface area (Å²) < 4.78 is 5.19. The standard InChI is InChI=1S/C11H22N2O2/c1-4-6-13-11(14)9-15-8-5-7-12-10(2)3/h4,10,12H,1,5-9H2,2-3H3,(H,13,14). The van der Waals surface area contributed by atoms with Gasteiger partial charge in [0.1, 0.15) is 6.61 Å². The minimum Gasteiger partial charge on any atom is -0.372 e. The van der Waals surface area contributed by atoms with Crippen molar-refractivity contribution in [1.82, 2.24) is 10.6 Å². The van der Waals surface area contributed by atoms with Crippen molar-refractivity contribution in [3.63, 3.8) is 0 Å². The van der Waals surface area contributed by atoms with Crippen LogP contribution in [0.1, 0.15) is 20.3 Å². The fourth-order valence-electron chi connectivity index (χ4n) is 0.967. The molecule has 2 N–H and O–H groups in total. The smallest absolute Gasteiger partial charge is 0.246 e. The van der Waals surface area contributed by atoms with Gasteiger partial charge in [0.05, 0.1) is 0 Å². The van der Waals surface area contributed by atoms with Gasteiger partial charge in [0.2, 0.25) is 5.91 Å². The van der Waals surface area contributed by atoms with Crippen molar-refractivity contribution in [2.45, 2.75) is 26.3 Å². The molecule has 0 saturated heterocycles. The van der Waals surface area contributed by atoms with Crippen molar-refractivity contribution in [2.24, 2.45) is 0 Å². The first-order valence-electron chi connectivity index (χ1n) is 5.35. The molecular weight excluding hydrogens is 192 g/mol. The molecule has 0 atom stereocenters. The van der Waals surface area contributed by atoms with Crippen molar-refractivity contribution in [3.8, 4) is 0 Å². The average molecular weight is 214 g/mol. The highest BCUT2D eigenvalue weighted by atomic mass is 16.5. The van der Waals surface area contributed by atoms with Crippen molar-refractivity contribution in [1.29, 1.82) is 0 Å². The maximum atomic E-state index is 11.0. The van der Waals surface area contributed by atoms with E-state index in [1.54, 1.807) is 6.08 Å². The first-order valence-corrected chi connectivity index (χ1v) is 5.35. The van der Waals surface area contributed by atoms with Crippen LogP contribution in [0.15, 0.2) is 12.7 Å². The van der Waals surface area contributed by atoms with Gasteiger partial charge >= 0.3 is 0 Å². The van der Waals surface area contributed by atoms with Gasteiger partial charge in [-0.15, -0.1) is 6.58 Å². The lowest BCUT2D eigenvalue weighted by atomic mass is 10.3. The molecule has 0 aromatic rings. The normalized spacial score (nSPS) is 10.3. The van der Waals surface area contributed by atoms with E-state index in [0.717, 1.165) is 13.0 Å². The van der Waals surface area contributed by atoms with Gasteiger partial charge in [-0.3, -0.25) is 4.79 Å². The van der Waals surface area contributed by atoms with Crippen LogP contribution in [0.4, 0.5) is 0 Å². The zero-order chi connectivity index (χ0) is 11.5. The topological polar surface area (TPSA) is 50.4 Å². The zero-order valence-electron chi connectivity index (χ0n) is 9.71. The molecule has 4 heteroatoms. The summed E-state index contributed by atoms with van der Waals surface area (Å²) in [7, 11) is 0. The lowest BCUT2D eigenvalue weighted by Crippen LogP contribution is -2.28. The van der Waals surface area contributed by atoms with E-state index in [4.69, 9.17) is 4.74 Å². The maximum Gasteiger partial charge on any atom is 0.246 e. The Balaban J connectivity index is 3.16. The first-order chi connectivity index (χ1) is 7.16. The lowest BCUT2D eigenvalue weighted by Gasteiger charge is -2.08. The molecule has 1 amide bonds. The maximum absolute atomic E-state index is 11.0. The summed E-state index contributed by atoms with van der Waals surface area (Å²) in [5.41, 5.74) is 0. The summed E-state index contributed by atoms with van der Waals surface area (Å²) in [6, 6.07) is 0.501. The first kappa shape index (κ1) is 14.1. The molecule has 15 heavy (non-hydrogen) atoms. The summed E-state index contributed by atoms with van der Waals surface area (Å²) in [4.78, 5) is 11.0. The van der Waals surface area contributed by atoms with Gasteiger partial charge in [0.15, 0.2) is 0 Å². The quantitative estimate of drug-likeness (QED) is 0.438. The summed E-state index contributed by atoms with van der Waals surface area (Å²) >= 11 is 0. The number of carbonyl (C=O) groups excluding carboxylic acids is 1. The summed E-state index contributed by atoms with van der Waals surface area (Å²) in [5, 5.41) is 5.92. The molecule has 0 aromatic heterocycles. The predicted molar refractivity (Wildman–Crippen MR) is 61.8 cm³/mol. The lowest BCUT2D eigenvalue weighted by molar-refractivity contribution is -0.125. The largest absolute Gasteiger partial charge is 0.372 e. The van der Waals surface area contributed by atoms with Crippen molar-refractivity contribution < 1.29 is 9.53 Å². The second kappa shape index (κ2) is 9.68. The highest BCUT2D eigenvalue weighted by Crippen LogP contribution is 1.83. The number of carbonyl (C=O) groups is 1. The summed E-state index contributed by atoms with van der Waals surface area (Å²) in [6.07, 6.45) is 2.57. The van der Waals surface area contributed by atoms with Crippen LogP contribution in [0.25, 0.3) is 0 Å². The number of ether oxygens (including phenoxy) is 1. The average Bonchev–Trinajstić information content (AvgIpc) is 2.19. The van der Waals surface area contributed by atoms with Crippen LogP contribution in [0.5, 0.6) is 0 Å². The molecule has 0 fully saturated rings. The predicted octanol–water partition coefficient (Wildman–Crippen LogP) is 0.693. The Hall–Kier alpha value is -0.870. The molecule has 0 unspecified atom stereocenters. The van der Waals surface area contributed by atoms with Gasteiger partial charge in [-0.25, -0.2) is 0 Å². The van der Waals surface area contributed by atoms with Gasteiger partial charge in [0, 0.05) is 19.2 Å². The molecule has 0 bridgehead atoms. The van der Waals surface area contributed by atoms with Gasteiger partial charge < -0.3 is 15.4 Å². The van der Waals surface area contributed by atoms with E-state index in [2.05, 4.69) is 31.1 Å². The van der Waals surface area contributed by atoms with E-state index >= 15 is 0 Å². The highest BCUT2D eigenvalue weighted by molar-refractivity contribution is 5.77. The Morgan fingerprint density at radius 3 is 2.87 bits per heavy atom. The molecule has 0 aliphatic heterocycles. The Bertz CT molecular complexity index is 181. The van der Waals surface area contributed by atoms with Crippen molar-refractivity contribution >= 4 is 5.91 Å².